The second kappa shape index (κ2) is 5.52. The number of H-pyrrole nitrogens is 1. The van der Waals surface area contributed by atoms with Crippen LogP contribution in [0.1, 0.15) is 52.1 Å². The van der Waals surface area contributed by atoms with E-state index in [0.29, 0.717) is 30.2 Å². The maximum Gasteiger partial charge on any atom is 0.256 e. The van der Waals surface area contributed by atoms with E-state index in [1.54, 1.807) is 0 Å². The van der Waals surface area contributed by atoms with Crippen molar-refractivity contribution < 1.29 is 4.74 Å². The van der Waals surface area contributed by atoms with E-state index in [4.69, 9.17) is 10.5 Å². The number of aromatic nitrogens is 2. The molecule has 3 N–H and O–H groups in total. The molecule has 1 atom stereocenters. The van der Waals surface area contributed by atoms with Crippen LogP contribution in [0, 0.1) is 5.41 Å². The molecule has 0 aliphatic carbocycles. The third-order valence-corrected chi connectivity index (χ3v) is 2.79. The zero-order valence-electron chi connectivity index (χ0n) is 11.8. The lowest BCUT2D eigenvalue weighted by Gasteiger charge is -2.29. The fourth-order valence-electron chi connectivity index (χ4n) is 1.90. The normalized spacial score (nSPS) is 13.6. The molecule has 1 heterocycles. The van der Waals surface area contributed by atoms with Crippen molar-refractivity contribution in [3.05, 3.63) is 21.7 Å². The predicted molar refractivity (Wildman–Crippen MR) is 72.5 cm³/mol. The highest BCUT2D eigenvalue weighted by Crippen LogP contribution is 2.34. The molecular weight excluding hydrogens is 230 g/mol. The van der Waals surface area contributed by atoms with Gasteiger partial charge in [0.05, 0.1) is 5.56 Å². The molecule has 1 unspecified atom stereocenters. The Morgan fingerprint density at radius 2 is 2.00 bits per heavy atom. The van der Waals surface area contributed by atoms with E-state index >= 15 is 0 Å². The molecule has 0 amide bonds. The molecule has 1 aromatic heterocycles. The van der Waals surface area contributed by atoms with Crippen LogP contribution >= 0.6 is 0 Å². The van der Waals surface area contributed by atoms with Gasteiger partial charge in [0.2, 0.25) is 0 Å². The van der Waals surface area contributed by atoms with Gasteiger partial charge in [0.25, 0.3) is 5.56 Å². The topological polar surface area (TPSA) is 81.0 Å². The van der Waals surface area contributed by atoms with Crippen LogP contribution in [0.25, 0.3) is 0 Å². The SMILES string of the molecule is CCOC(c1nc(N)c(CC)c(=O)[nH]1)C(C)(C)C. The number of hydrogen-bond acceptors (Lipinski definition) is 4. The summed E-state index contributed by atoms with van der Waals surface area (Å²) in [4.78, 5) is 19.0. The highest BCUT2D eigenvalue weighted by molar-refractivity contribution is 5.37. The van der Waals surface area contributed by atoms with E-state index in [2.05, 4.69) is 9.97 Å². The fourth-order valence-corrected chi connectivity index (χ4v) is 1.90. The first-order valence-electron chi connectivity index (χ1n) is 6.31. The summed E-state index contributed by atoms with van der Waals surface area (Å²) in [6, 6.07) is 0. The number of aromatic amines is 1. The maximum atomic E-state index is 11.9. The van der Waals surface area contributed by atoms with Crippen LogP contribution in [0.2, 0.25) is 0 Å². The summed E-state index contributed by atoms with van der Waals surface area (Å²) in [6.45, 7) is 10.5. The second-order valence-electron chi connectivity index (χ2n) is 5.37. The molecular formula is C13H23N3O2. The maximum absolute atomic E-state index is 11.9. The van der Waals surface area contributed by atoms with E-state index in [1.807, 2.05) is 34.6 Å². The Bertz CT molecular complexity index is 460. The smallest absolute Gasteiger partial charge is 0.256 e. The van der Waals surface area contributed by atoms with Gasteiger partial charge in [-0.15, -0.1) is 0 Å². The summed E-state index contributed by atoms with van der Waals surface area (Å²) in [5, 5.41) is 0. The van der Waals surface area contributed by atoms with Gasteiger partial charge in [-0.1, -0.05) is 27.7 Å². The standard InChI is InChI=1S/C13H23N3O2/c1-6-8-10(14)15-11(16-12(8)17)9(18-7-2)13(3,4)5/h9H,6-7H2,1-5H3,(H3,14,15,16,17). The molecule has 0 bridgehead atoms. The van der Waals surface area contributed by atoms with Crippen LogP contribution < -0.4 is 11.3 Å². The summed E-state index contributed by atoms with van der Waals surface area (Å²) in [6.07, 6.45) is 0.298. The number of nitrogens with one attached hydrogen (secondary N) is 1. The van der Waals surface area contributed by atoms with E-state index in [1.165, 1.54) is 0 Å². The molecule has 0 saturated carbocycles. The van der Waals surface area contributed by atoms with Crippen molar-refractivity contribution in [3.63, 3.8) is 0 Å². The van der Waals surface area contributed by atoms with Gasteiger partial charge in [0.15, 0.2) is 0 Å². The molecule has 0 fully saturated rings. The zero-order chi connectivity index (χ0) is 13.9. The lowest BCUT2D eigenvalue weighted by atomic mass is 9.88. The molecule has 0 aromatic carbocycles. The average molecular weight is 253 g/mol. The Balaban J connectivity index is 3.27. The molecule has 18 heavy (non-hydrogen) atoms. The van der Waals surface area contributed by atoms with Crippen LogP contribution in [0.5, 0.6) is 0 Å². The molecule has 0 saturated heterocycles. The number of nitrogen functional groups attached to an aromatic ring is 1. The second-order valence-corrected chi connectivity index (χ2v) is 5.37. The van der Waals surface area contributed by atoms with Crippen molar-refractivity contribution in [2.24, 2.45) is 5.41 Å². The Kier molecular flexibility index (Phi) is 4.51. The van der Waals surface area contributed by atoms with E-state index in [9.17, 15) is 4.79 Å². The van der Waals surface area contributed by atoms with Gasteiger partial charge in [0.1, 0.15) is 17.7 Å². The fraction of sp³-hybridized carbons (Fsp3) is 0.692. The lowest BCUT2D eigenvalue weighted by molar-refractivity contribution is -0.0191. The highest BCUT2D eigenvalue weighted by atomic mass is 16.5. The van der Waals surface area contributed by atoms with Gasteiger partial charge in [-0.3, -0.25) is 4.79 Å². The van der Waals surface area contributed by atoms with Crippen molar-refractivity contribution in [3.8, 4) is 0 Å². The molecule has 5 heteroatoms. The minimum atomic E-state index is -0.275. The minimum Gasteiger partial charge on any atom is -0.383 e. The minimum absolute atomic E-state index is 0.161. The summed E-state index contributed by atoms with van der Waals surface area (Å²) < 4.78 is 5.69. The first-order valence-corrected chi connectivity index (χ1v) is 6.31. The van der Waals surface area contributed by atoms with Crippen molar-refractivity contribution in [1.29, 1.82) is 0 Å². The Labute approximate surface area is 108 Å². The van der Waals surface area contributed by atoms with Crippen LogP contribution in [0.15, 0.2) is 4.79 Å². The lowest BCUT2D eigenvalue weighted by Crippen LogP contribution is -2.28. The van der Waals surface area contributed by atoms with Crippen molar-refractivity contribution in [2.45, 2.75) is 47.1 Å². The predicted octanol–water partition coefficient (Wildman–Crippen LogP) is 2.04. The monoisotopic (exact) mass is 253 g/mol. The number of nitrogens with two attached hydrogens (primary N) is 1. The van der Waals surface area contributed by atoms with E-state index in [-0.39, 0.29) is 17.1 Å². The Hall–Kier alpha value is -1.36. The molecule has 102 valence electrons. The van der Waals surface area contributed by atoms with Gasteiger partial charge >= 0.3 is 0 Å². The van der Waals surface area contributed by atoms with Gasteiger partial charge in [-0.2, -0.15) is 0 Å². The molecule has 0 radical (unpaired) electrons. The quantitative estimate of drug-likeness (QED) is 0.860. The molecule has 5 nitrogen and oxygen atoms in total. The molecule has 0 aliphatic heterocycles. The molecule has 0 spiro atoms. The summed E-state index contributed by atoms with van der Waals surface area (Å²) in [5.74, 6) is 0.800. The third kappa shape index (κ3) is 3.10. The van der Waals surface area contributed by atoms with Gasteiger partial charge in [-0.25, -0.2) is 4.98 Å². The summed E-state index contributed by atoms with van der Waals surface area (Å²) in [5.41, 5.74) is 6.02. The number of hydrogen-bond donors (Lipinski definition) is 2. The first kappa shape index (κ1) is 14.7. The number of rotatable bonds is 4. The van der Waals surface area contributed by atoms with Crippen molar-refractivity contribution in [1.82, 2.24) is 9.97 Å². The largest absolute Gasteiger partial charge is 0.383 e. The van der Waals surface area contributed by atoms with E-state index in [0.717, 1.165) is 0 Å². The number of ether oxygens (including phenoxy) is 1. The van der Waals surface area contributed by atoms with Gasteiger partial charge in [-0.05, 0) is 18.8 Å². The van der Waals surface area contributed by atoms with Gasteiger partial charge < -0.3 is 15.5 Å². The molecule has 1 aromatic rings. The van der Waals surface area contributed by atoms with Crippen LogP contribution in [-0.2, 0) is 11.2 Å². The van der Waals surface area contributed by atoms with Gasteiger partial charge in [0, 0.05) is 6.61 Å². The molecule has 1 rings (SSSR count). The molecule has 0 aliphatic rings. The first-order chi connectivity index (χ1) is 8.31. The van der Waals surface area contributed by atoms with Crippen molar-refractivity contribution in [2.75, 3.05) is 12.3 Å². The zero-order valence-corrected chi connectivity index (χ0v) is 11.8. The van der Waals surface area contributed by atoms with Crippen LogP contribution in [-0.4, -0.2) is 16.6 Å². The Morgan fingerprint density at radius 1 is 1.39 bits per heavy atom. The summed E-state index contributed by atoms with van der Waals surface area (Å²) in [7, 11) is 0. The third-order valence-electron chi connectivity index (χ3n) is 2.79. The number of anilines is 1. The highest BCUT2D eigenvalue weighted by Gasteiger charge is 2.29. The number of nitrogens with zero attached hydrogens (tertiary/aromatic N) is 1. The summed E-state index contributed by atoms with van der Waals surface area (Å²) >= 11 is 0. The van der Waals surface area contributed by atoms with Crippen LogP contribution in [0.3, 0.4) is 0 Å². The van der Waals surface area contributed by atoms with E-state index < -0.39 is 0 Å². The Morgan fingerprint density at radius 3 is 2.39 bits per heavy atom. The average Bonchev–Trinajstić information content (AvgIpc) is 2.23. The van der Waals surface area contributed by atoms with Crippen molar-refractivity contribution >= 4 is 5.82 Å². The van der Waals surface area contributed by atoms with Crippen LogP contribution in [0.4, 0.5) is 5.82 Å².